The van der Waals surface area contributed by atoms with Crippen molar-refractivity contribution in [2.24, 2.45) is 0 Å². The van der Waals surface area contributed by atoms with Crippen LogP contribution in [0.5, 0.6) is 5.75 Å². The third-order valence-electron chi connectivity index (χ3n) is 5.69. The molecule has 6 heteroatoms. The van der Waals surface area contributed by atoms with Crippen LogP contribution in [0.4, 0.5) is 0 Å². The second-order valence-electron chi connectivity index (χ2n) is 7.99. The molecule has 0 aliphatic rings. The normalized spacial score (nSPS) is 13.2. The molecular weight excluding hydrogens is 414 g/mol. The Hall–Kier alpha value is -3.93. The van der Waals surface area contributed by atoms with Crippen LogP contribution in [0.1, 0.15) is 36.2 Å². The molecule has 1 unspecified atom stereocenters. The Balaban J connectivity index is 1.73. The summed E-state index contributed by atoms with van der Waals surface area (Å²) in [5.41, 5.74) is 3.43. The smallest absolute Gasteiger partial charge is 0.318 e. The highest BCUT2D eigenvalue weighted by molar-refractivity contribution is 5.83. The van der Waals surface area contributed by atoms with E-state index in [1.165, 1.54) is 0 Å². The number of rotatable bonds is 8. The summed E-state index contributed by atoms with van der Waals surface area (Å²) in [6.45, 7) is 4.03. The molecule has 33 heavy (non-hydrogen) atoms. The number of methoxy groups -OCH3 is 1. The minimum absolute atomic E-state index is 0.285. The summed E-state index contributed by atoms with van der Waals surface area (Å²) in [5, 5.41) is 4.58. The number of carbonyl (C=O) groups excluding carboxylic acids is 1. The molecule has 0 fully saturated rings. The quantitative estimate of drug-likeness (QED) is 0.361. The van der Waals surface area contributed by atoms with Gasteiger partial charge >= 0.3 is 5.97 Å². The van der Waals surface area contributed by atoms with Crippen LogP contribution in [-0.4, -0.2) is 34.3 Å². The first-order valence-corrected chi connectivity index (χ1v) is 10.9. The van der Waals surface area contributed by atoms with Gasteiger partial charge in [-0.3, -0.25) is 4.79 Å². The van der Waals surface area contributed by atoms with Gasteiger partial charge in [0.15, 0.2) is 5.65 Å². The van der Waals surface area contributed by atoms with Gasteiger partial charge in [0.2, 0.25) is 0 Å². The van der Waals surface area contributed by atoms with Crippen molar-refractivity contribution < 1.29 is 14.3 Å². The first-order chi connectivity index (χ1) is 16.0. The average Bonchev–Trinajstić information content (AvgIpc) is 3.27. The number of esters is 1. The zero-order valence-corrected chi connectivity index (χ0v) is 19.1. The predicted octanol–water partition coefficient (Wildman–Crippen LogP) is 4.97. The second kappa shape index (κ2) is 9.69. The molecule has 0 spiro atoms. The van der Waals surface area contributed by atoms with Crippen molar-refractivity contribution in [1.29, 1.82) is 0 Å². The molecule has 0 aliphatic heterocycles. The Morgan fingerprint density at radius 1 is 1.06 bits per heavy atom. The fourth-order valence-electron chi connectivity index (χ4n) is 3.91. The van der Waals surface area contributed by atoms with E-state index < -0.39 is 5.41 Å². The number of ether oxygens (including phenoxy) is 2. The van der Waals surface area contributed by atoms with Crippen molar-refractivity contribution in [2.75, 3.05) is 13.7 Å². The molecular formula is C27H27N3O3. The Morgan fingerprint density at radius 3 is 2.52 bits per heavy atom. The fourth-order valence-corrected chi connectivity index (χ4v) is 3.91. The number of hydrogen-bond donors (Lipinski definition) is 0. The largest absolute Gasteiger partial charge is 0.497 e. The molecule has 4 rings (SSSR count). The van der Waals surface area contributed by atoms with Gasteiger partial charge in [-0.1, -0.05) is 48.5 Å². The van der Waals surface area contributed by atoms with Gasteiger partial charge < -0.3 is 9.47 Å². The Bertz CT molecular complexity index is 1260. The number of hydrogen-bond acceptors (Lipinski definition) is 5. The van der Waals surface area contributed by atoms with Gasteiger partial charge in [-0.25, -0.2) is 9.50 Å². The van der Waals surface area contributed by atoms with Crippen LogP contribution in [0.15, 0.2) is 73.1 Å². The highest BCUT2D eigenvalue weighted by Crippen LogP contribution is 2.31. The van der Waals surface area contributed by atoms with Gasteiger partial charge in [0.1, 0.15) is 11.2 Å². The standard InChI is InChI=1S/C27H27N3O3/c1-4-33-26(31)27(2,18-21-8-6-5-7-9-21)24-16-17-28-25-22(19-29-30(24)25)13-10-20-11-14-23(32-3)15-12-20/h5-17,19H,4,18H2,1-3H3. The lowest BCUT2D eigenvalue weighted by atomic mass is 9.80. The van der Waals surface area contributed by atoms with Crippen LogP contribution in [0.2, 0.25) is 0 Å². The first kappa shape index (κ1) is 22.3. The molecule has 2 aromatic carbocycles. The van der Waals surface area contributed by atoms with Crippen molar-refractivity contribution in [3.8, 4) is 5.75 Å². The van der Waals surface area contributed by atoms with Gasteiger partial charge in [-0.05, 0) is 55.7 Å². The number of aromatic nitrogens is 3. The number of benzene rings is 2. The summed E-state index contributed by atoms with van der Waals surface area (Å²) in [4.78, 5) is 17.7. The summed E-state index contributed by atoms with van der Waals surface area (Å²) in [6, 6.07) is 19.6. The zero-order chi connectivity index (χ0) is 23.3. The summed E-state index contributed by atoms with van der Waals surface area (Å²) in [7, 11) is 1.65. The molecule has 1 atom stereocenters. The molecule has 0 N–H and O–H groups in total. The number of fused-ring (bicyclic) bond motifs is 1. The van der Waals surface area contributed by atoms with E-state index in [-0.39, 0.29) is 5.97 Å². The molecule has 0 radical (unpaired) electrons. The van der Waals surface area contributed by atoms with Crippen LogP contribution in [0.25, 0.3) is 17.8 Å². The molecule has 2 heterocycles. The van der Waals surface area contributed by atoms with Crippen LogP contribution < -0.4 is 4.74 Å². The van der Waals surface area contributed by atoms with E-state index in [0.717, 1.165) is 28.1 Å². The van der Waals surface area contributed by atoms with Gasteiger partial charge in [0, 0.05) is 11.8 Å². The lowest BCUT2D eigenvalue weighted by Crippen LogP contribution is -2.38. The topological polar surface area (TPSA) is 65.7 Å². The van der Waals surface area contributed by atoms with Crippen LogP contribution in [0, 0.1) is 0 Å². The van der Waals surface area contributed by atoms with Crippen LogP contribution in [-0.2, 0) is 21.4 Å². The maximum absolute atomic E-state index is 13.2. The lowest BCUT2D eigenvalue weighted by molar-refractivity contribution is -0.149. The lowest BCUT2D eigenvalue weighted by Gasteiger charge is -2.28. The highest BCUT2D eigenvalue weighted by Gasteiger charge is 2.39. The molecule has 0 aliphatic carbocycles. The fraction of sp³-hybridized carbons (Fsp3) is 0.222. The summed E-state index contributed by atoms with van der Waals surface area (Å²) >= 11 is 0. The molecule has 6 nitrogen and oxygen atoms in total. The van der Waals surface area contributed by atoms with Gasteiger partial charge in [0.25, 0.3) is 0 Å². The van der Waals surface area contributed by atoms with Gasteiger partial charge in [0.05, 0.1) is 25.6 Å². The zero-order valence-electron chi connectivity index (χ0n) is 19.1. The van der Waals surface area contributed by atoms with Crippen molar-refractivity contribution in [2.45, 2.75) is 25.7 Å². The van der Waals surface area contributed by atoms with Crippen LogP contribution >= 0.6 is 0 Å². The van der Waals surface area contributed by atoms with E-state index >= 15 is 0 Å². The van der Waals surface area contributed by atoms with Gasteiger partial charge in [-0.15, -0.1) is 0 Å². The molecule has 2 aromatic heterocycles. The monoisotopic (exact) mass is 441 g/mol. The summed E-state index contributed by atoms with van der Waals surface area (Å²) < 4.78 is 12.4. The van der Waals surface area contributed by atoms with E-state index in [2.05, 4.69) is 10.1 Å². The number of nitrogens with zero attached hydrogens (tertiary/aromatic N) is 3. The predicted molar refractivity (Wildman–Crippen MR) is 129 cm³/mol. The van der Waals surface area contributed by atoms with Crippen molar-refractivity contribution in [3.05, 3.63) is 95.4 Å². The van der Waals surface area contributed by atoms with E-state index in [4.69, 9.17) is 9.47 Å². The summed E-state index contributed by atoms with van der Waals surface area (Å²) in [5.74, 6) is 0.526. The molecule has 0 saturated carbocycles. The molecule has 4 aromatic rings. The average molecular weight is 442 g/mol. The third-order valence-corrected chi connectivity index (χ3v) is 5.69. The molecule has 0 bridgehead atoms. The van der Waals surface area contributed by atoms with E-state index in [9.17, 15) is 4.79 Å². The molecule has 0 amide bonds. The molecule has 168 valence electrons. The second-order valence-corrected chi connectivity index (χ2v) is 7.99. The van der Waals surface area contributed by atoms with Crippen molar-refractivity contribution in [1.82, 2.24) is 14.6 Å². The van der Waals surface area contributed by atoms with Crippen LogP contribution in [0.3, 0.4) is 0 Å². The Kier molecular flexibility index (Phi) is 6.54. The first-order valence-electron chi connectivity index (χ1n) is 10.9. The Labute approximate surface area is 193 Å². The minimum atomic E-state index is -0.929. The SMILES string of the molecule is CCOC(=O)C(C)(Cc1ccccc1)c1ccnc2c(C=Cc3ccc(OC)cc3)cnn12. The highest BCUT2D eigenvalue weighted by atomic mass is 16.5. The Morgan fingerprint density at radius 2 is 1.82 bits per heavy atom. The minimum Gasteiger partial charge on any atom is -0.497 e. The van der Waals surface area contributed by atoms with Crippen molar-refractivity contribution >= 4 is 23.8 Å². The maximum atomic E-state index is 13.2. The molecule has 0 saturated heterocycles. The third kappa shape index (κ3) is 4.65. The van der Waals surface area contributed by atoms with E-state index in [0.29, 0.717) is 18.7 Å². The van der Waals surface area contributed by atoms with Crippen molar-refractivity contribution in [3.63, 3.8) is 0 Å². The summed E-state index contributed by atoms with van der Waals surface area (Å²) in [6.07, 6.45) is 7.95. The number of carbonyl (C=O) groups is 1. The maximum Gasteiger partial charge on any atom is 0.318 e. The van der Waals surface area contributed by atoms with E-state index in [1.54, 1.807) is 24.0 Å². The van der Waals surface area contributed by atoms with Gasteiger partial charge in [-0.2, -0.15) is 5.10 Å². The van der Waals surface area contributed by atoms with E-state index in [1.807, 2.05) is 86.7 Å².